The molecule has 0 amide bonds. The van der Waals surface area contributed by atoms with Crippen LogP contribution in [0.3, 0.4) is 0 Å². The molecule has 0 bridgehead atoms. The maximum Gasteiger partial charge on any atom is 0.0722 e. The van der Waals surface area contributed by atoms with Crippen molar-refractivity contribution in [1.29, 1.82) is 0 Å². The van der Waals surface area contributed by atoms with Crippen LogP contribution in [0.4, 0.5) is 0 Å². The molecule has 1 N–H and O–H groups in total. The zero-order chi connectivity index (χ0) is 12.7. The van der Waals surface area contributed by atoms with Gasteiger partial charge in [0.05, 0.1) is 6.10 Å². The van der Waals surface area contributed by atoms with Crippen molar-refractivity contribution >= 4 is 0 Å². The summed E-state index contributed by atoms with van der Waals surface area (Å²) >= 11 is 0. The highest BCUT2D eigenvalue weighted by Gasteiger charge is 2.19. The largest absolute Gasteiger partial charge is 0.377 e. The molecule has 1 saturated carbocycles. The minimum absolute atomic E-state index is 0.383. The van der Waals surface area contributed by atoms with Gasteiger partial charge in [-0.3, -0.25) is 0 Å². The Morgan fingerprint density at radius 3 is 2.29 bits per heavy atom. The number of nitrogens with one attached hydrogen (secondary N) is 1. The topological polar surface area (TPSA) is 21.3 Å². The monoisotopic (exact) mass is 241 g/mol. The molecule has 2 heteroatoms. The van der Waals surface area contributed by atoms with Gasteiger partial charge in [0.15, 0.2) is 0 Å². The van der Waals surface area contributed by atoms with E-state index in [1.165, 1.54) is 25.7 Å². The highest BCUT2D eigenvalue weighted by atomic mass is 16.5. The average Bonchev–Trinajstić information content (AvgIpc) is 2.17. The zero-order valence-electron chi connectivity index (χ0n) is 12.2. The Balaban J connectivity index is 2.08. The van der Waals surface area contributed by atoms with Gasteiger partial charge >= 0.3 is 0 Å². The smallest absolute Gasteiger partial charge is 0.0722 e. The Hall–Kier alpha value is -0.0800. The second-order valence-electron chi connectivity index (χ2n) is 6.29. The first kappa shape index (κ1) is 15.0. The van der Waals surface area contributed by atoms with Crippen LogP contribution in [0.1, 0.15) is 53.4 Å². The van der Waals surface area contributed by atoms with Crippen LogP contribution in [0, 0.1) is 17.8 Å². The molecule has 1 rings (SSSR count). The van der Waals surface area contributed by atoms with Crippen molar-refractivity contribution in [3.8, 4) is 0 Å². The summed E-state index contributed by atoms with van der Waals surface area (Å²) in [5.41, 5.74) is 0. The Morgan fingerprint density at radius 2 is 1.82 bits per heavy atom. The first-order valence-corrected chi connectivity index (χ1v) is 7.42. The molecule has 0 aromatic rings. The molecule has 0 aliphatic heterocycles. The van der Waals surface area contributed by atoms with Gasteiger partial charge in [0.2, 0.25) is 0 Å². The summed E-state index contributed by atoms with van der Waals surface area (Å²) < 4.78 is 6.03. The van der Waals surface area contributed by atoms with Gasteiger partial charge in [-0.2, -0.15) is 0 Å². The Morgan fingerprint density at radius 1 is 1.12 bits per heavy atom. The van der Waals surface area contributed by atoms with Gasteiger partial charge < -0.3 is 10.1 Å². The van der Waals surface area contributed by atoms with Crippen LogP contribution in [0.15, 0.2) is 0 Å². The second kappa shape index (κ2) is 8.10. The van der Waals surface area contributed by atoms with Gasteiger partial charge in [-0.1, -0.05) is 47.0 Å². The number of hydrogen-bond acceptors (Lipinski definition) is 2. The molecule has 1 atom stereocenters. The lowest BCUT2D eigenvalue weighted by atomic mass is 9.83. The lowest BCUT2D eigenvalue weighted by Gasteiger charge is -2.27. The van der Waals surface area contributed by atoms with Crippen molar-refractivity contribution < 1.29 is 4.74 Å². The van der Waals surface area contributed by atoms with Crippen molar-refractivity contribution in [2.75, 3.05) is 19.7 Å². The van der Waals surface area contributed by atoms with E-state index in [4.69, 9.17) is 4.74 Å². The van der Waals surface area contributed by atoms with E-state index < -0.39 is 0 Å². The Bertz CT molecular complexity index is 187. The SMILES string of the molecule is CC(C)CNCC(OCCC1CCC1)C(C)C. The summed E-state index contributed by atoms with van der Waals surface area (Å²) in [6.45, 7) is 12.0. The number of ether oxygens (including phenoxy) is 1. The van der Waals surface area contributed by atoms with Crippen LogP contribution in [0.5, 0.6) is 0 Å². The first-order chi connectivity index (χ1) is 8.09. The molecule has 1 aliphatic rings. The van der Waals surface area contributed by atoms with E-state index in [0.29, 0.717) is 12.0 Å². The molecule has 1 fully saturated rings. The molecule has 1 unspecified atom stereocenters. The minimum atomic E-state index is 0.383. The highest BCUT2D eigenvalue weighted by Crippen LogP contribution is 2.29. The minimum Gasteiger partial charge on any atom is -0.377 e. The fourth-order valence-electron chi connectivity index (χ4n) is 2.17. The fourth-order valence-corrected chi connectivity index (χ4v) is 2.17. The molecule has 0 spiro atoms. The van der Waals surface area contributed by atoms with Crippen molar-refractivity contribution in [2.24, 2.45) is 17.8 Å². The molecule has 0 saturated heterocycles. The van der Waals surface area contributed by atoms with Crippen LogP contribution in [0.2, 0.25) is 0 Å². The van der Waals surface area contributed by atoms with E-state index in [2.05, 4.69) is 33.0 Å². The second-order valence-corrected chi connectivity index (χ2v) is 6.29. The van der Waals surface area contributed by atoms with Crippen molar-refractivity contribution in [1.82, 2.24) is 5.32 Å². The molecule has 0 aromatic carbocycles. The maximum absolute atomic E-state index is 6.03. The third-order valence-electron chi connectivity index (χ3n) is 3.72. The normalized spacial score (nSPS) is 18.7. The predicted molar refractivity (Wildman–Crippen MR) is 74.2 cm³/mol. The zero-order valence-corrected chi connectivity index (χ0v) is 12.2. The summed E-state index contributed by atoms with van der Waals surface area (Å²) in [5.74, 6) is 2.29. The average molecular weight is 241 g/mol. The Kier molecular flexibility index (Phi) is 7.14. The molecule has 102 valence electrons. The third kappa shape index (κ3) is 6.42. The van der Waals surface area contributed by atoms with Gasteiger partial charge in [-0.05, 0) is 30.7 Å². The van der Waals surface area contributed by atoms with Crippen molar-refractivity contribution in [2.45, 2.75) is 59.5 Å². The van der Waals surface area contributed by atoms with E-state index in [1.54, 1.807) is 0 Å². The van der Waals surface area contributed by atoms with Crippen LogP contribution >= 0.6 is 0 Å². The molecule has 0 radical (unpaired) electrons. The van der Waals surface area contributed by atoms with E-state index >= 15 is 0 Å². The number of rotatable bonds is 9. The van der Waals surface area contributed by atoms with Gasteiger partial charge in [-0.15, -0.1) is 0 Å². The van der Waals surface area contributed by atoms with E-state index in [0.717, 1.165) is 31.5 Å². The van der Waals surface area contributed by atoms with Crippen LogP contribution in [0.25, 0.3) is 0 Å². The van der Waals surface area contributed by atoms with Gasteiger partial charge in [-0.25, -0.2) is 0 Å². The molecule has 1 aliphatic carbocycles. The summed E-state index contributed by atoms with van der Waals surface area (Å²) in [7, 11) is 0. The van der Waals surface area contributed by atoms with E-state index in [-0.39, 0.29) is 0 Å². The molecular formula is C15H31NO. The van der Waals surface area contributed by atoms with Gasteiger partial charge in [0.1, 0.15) is 0 Å². The lowest BCUT2D eigenvalue weighted by Crippen LogP contribution is -2.35. The maximum atomic E-state index is 6.03. The predicted octanol–water partition coefficient (Wildman–Crippen LogP) is 3.46. The van der Waals surface area contributed by atoms with Crippen LogP contribution in [-0.4, -0.2) is 25.8 Å². The summed E-state index contributed by atoms with van der Waals surface area (Å²) in [6.07, 6.45) is 5.96. The van der Waals surface area contributed by atoms with Gasteiger partial charge in [0.25, 0.3) is 0 Å². The van der Waals surface area contributed by atoms with E-state index in [9.17, 15) is 0 Å². The summed E-state index contributed by atoms with van der Waals surface area (Å²) in [4.78, 5) is 0. The Labute approximate surface area is 108 Å². The third-order valence-corrected chi connectivity index (χ3v) is 3.72. The summed E-state index contributed by atoms with van der Waals surface area (Å²) in [5, 5.41) is 3.51. The standard InChI is InChI=1S/C15H31NO/c1-12(2)10-16-11-15(13(3)4)17-9-8-14-6-5-7-14/h12-16H,5-11H2,1-4H3. The van der Waals surface area contributed by atoms with E-state index in [1.807, 2.05) is 0 Å². The van der Waals surface area contributed by atoms with Crippen LogP contribution in [-0.2, 0) is 4.74 Å². The molecule has 0 aromatic heterocycles. The first-order valence-electron chi connectivity index (χ1n) is 7.42. The molecular weight excluding hydrogens is 210 g/mol. The number of hydrogen-bond donors (Lipinski definition) is 1. The quantitative estimate of drug-likeness (QED) is 0.667. The van der Waals surface area contributed by atoms with Gasteiger partial charge in [0, 0.05) is 13.2 Å². The highest BCUT2D eigenvalue weighted by molar-refractivity contribution is 4.71. The van der Waals surface area contributed by atoms with Crippen molar-refractivity contribution in [3.63, 3.8) is 0 Å². The summed E-state index contributed by atoms with van der Waals surface area (Å²) in [6, 6.07) is 0. The van der Waals surface area contributed by atoms with Crippen LogP contribution < -0.4 is 5.32 Å². The molecule has 0 heterocycles. The lowest BCUT2D eigenvalue weighted by molar-refractivity contribution is 0.0109. The van der Waals surface area contributed by atoms with Crippen molar-refractivity contribution in [3.05, 3.63) is 0 Å². The fraction of sp³-hybridized carbons (Fsp3) is 1.00. The molecule has 2 nitrogen and oxygen atoms in total. The molecule has 17 heavy (non-hydrogen) atoms.